The summed E-state index contributed by atoms with van der Waals surface area (Å²) in [4.78, 5) is 12.1. The number of esters is 1. The maximum absolute atomic E-state index is 12.1. The molecule has 0 unspecified atom stereocenters. The third kappa shape index (κ3) is 2.03. The number of nitrogens with two attached hydrogens (primary N) is 1. The first-order chi connectivity index (χ1) is 8.75. The van der Waals surface area contributed by atoms with Gasteiger partial charge in [0.2, 0.25) is 0 Å². The Labute approximate surface area is 107 Å². The number of hydrogen-bond donors (Lipinski definition) is 1. The Balaban J connectivity index is 1.59. The number of rotatable bonds is 3. The van der Waals surface area contributed by atoms with E-state index in [2.05, 4.69) is 0 Å². The molecule has 2 fully saturated rings. The molecule has 96 valence electrons. The van der Waals surface area contributed by atoms with Crippen molar-refractivity contribution >= 4 is 5.97 Å². The van der Waals surface area contributed by atoms with E-state index >= 15 is 0 Å². The van der Waals surface area contributed by atoms with Crippen LogP contribution in [0.25, 0.3) is 0 Å². The molecular weight excluding hydrogens is 226 g/mol. The van der Waals surface area contributed by atoms with Gasteiger partial charge in [0.05, 0.1) is 5.92 Å². The van der Waals surface area contributed by atoms with Gasteiger partial charge in [0.15, 0.2) is 0 Å². The van der Waals surface area contributed by atoms with Gasteiger partial charge in [-0.05, 0) is 36.7 Å². The van der Waals surface area contributed by atoms with Crippen molar-refractivity contribution in [1.82, 2.24) is 0 Å². The summed E-state index contributed by atoms with van der Waals surface area (Å²) < 4.78 is 5.42. The van der Waals surface area contributed by atoms with Gasteiger partial charge in [0, 0.05) is 6.04 Å². The largest absolute Gasteiger partial charge is 0.461 e. The minimum Gasteiger partial charge on any atom is -0.461 e. The first-order valence-electron chi connectivity index (χ1n) is 6.72. The predicted octanol–water partition coefficient (Wildman–Crippen LogP) is 2.10. The number of fused-ring (bicyclic) bond motifs is 2. The summed E-state index contributed by atoms with van der Waals surface area (Å²) in [6, 6.07) is 9.81. The molecule has 0 heterocycles. The Morgan fingerprint density at radius 3 is 2.61 bits per heavy atom. The summed E-state index contributed by atoms with van der Waals surface area (Å²) >= 11 is 0. The molecule has 3 rings (SSSR count). The maximum Gasteiger partial charge on any atom is 0.311 e. The minimum absolute atomic E-state index is 0.0204. The normalized spacial score (nSPS) is 33.6. The number of hydrogen-bond acceptors (Lipinski definition) is 3. The molecule has 1 aromatic carbocycles. The molecular formula is C15H19NO2. The molecule has 4 atom stereocenters. The van der Waals surface area contributed by atoms with Gasteiger partial charge in [0.25, 0.3) is 0 Å². The highest BCUT2D eigenvalue weighted by molar-refractivity contribution is 5.74. The molecule has 0 spiro atoms. The van der Waals surface area contributed by atoms with Gasteiger partial charge in [-0.3, -0.25) is 4.79 Å². The maximum atomic E-state index is 12.1. The molecule has 2 saturated carbocycles. The van der Waals surface area contributed by atoms with E-state index < -0.39 is 0 Å². The van der Waals surface area contributed by atoms with Crippen LogP contribution in [0, 0.1) is 17.8 Å². The van der Waals surface area contributed by atoms with E-state index in [0.29, 0.717) is 18.4 Å². The lowest BCUT2D eigenvalue weighted by Gasteiger charge is -2.26. The Kier molecular flexibility index (Phi) is 3.08. The van der Waals surface area contributed by atoms with Crippen molar-refractivity contribution in [3.05, 3.63) is 35.9 Å². The first kappa shape index (κ1) is 11.7. The summed E-state index contributed by atoms with van der Waals surface area (Å²) in [6.07, 6.45) is 3.45. The van der Waals surface area contributed by atoms with E-state index in [0.717, 1.165) is 18.4 Å². The second-order valence-corrected chi connectivity index (χ2v) is 5.53. The second kappa shape index (κ2) is 4.73. The van der Waals surface area contributed by atoms with E-state index in [1.807, 2.05) is 30.3 Å². The molecule has 2 aliphatic carbocycles. The fourth-order valence-electron chi connectivity index (χ4n) is 3.51. The Bertz CT molecular complexity index is 429. The fraction of sp³-hybridized carbons (Fsp3) is 0.533. The summed E-state index contributed by atoms with van der Waals surface area (Å²) in [7, 11) is 0. The molecule has 0 aromatic heterocycles. The van der Waals surface area contributed by atoms with Crippen molar-refractivity contribution in [3.63, 3.8) is 0 Å². The van der Waals surface area contributed by atoms with Crippen molar-refractivity contribution in [2.24, 2.45) is 23.5 Å². The van der Waals surface area contributed by atoms with Crippen LogP contribution in [-0.4, -0.2) is 12.0 Å². The zero-order chi connectivity index (χ0) is 12.5. The zero-order valence-corrected chi connectivity index (χ0v) is 10.4. The highest BCUT2D eigenvalue weighted by Gasteiger charge is 2.49. The number of carbonyl (C=O) groups is 1. The van der Waals surface area contributed by atoms with Crippen molar-refractivity contribution in [2.45, 2.75) is 31.9 Å². The minimum atomic E-state index is -0.0986. The topological polar surface area (TPSA) is 52.3 Å². The monoisotopic (exact) mass is 245 g/mol. The van der Waals surface area contributed by atoms with Crippen LogP contribution in [0.2, 0.25) is 0 Å². The van der Waals surface area contributed by atoms with E-state index in [4.69, 9.17) is 10.5 Å². The fourth-order valence-corrected chi connectivity index (χ4v) is 3.51. The molecule has 18 heavy (non-hydrogen) atoms. The van der Waals surface area contributed by atoms with Gasteiger partial charge in [-0.2, -0.15) is 0 Å². The third-order valence-electron chi connectivity index (χ3n) is 4.48. The van der Waals surface area contributed by atoms with Crippen LogP contribution in [0.1, 0.15) is 24.8 Å². The Hall–Kier alpha value is -1.35. The lowest BCUT2D eigenvalue weighted by molar-refractivity contribution is -0.152. The number of carbonyl (C=O) groups excluding carboxylic acids is 1. The Morgan fingerprint density at radius 1 is 1.22 bits per heavy atom. The molecule has 3 heteroatoms. The summed E-state index contributed by atoms with van der Waals surface area (Å²) in [5.74, 6) is 0.851. The summed E-state index contributed by atoms with van der Waals surface area (Å²) in [6.45, 7) is 0.361. The van der Waals surface area contributed by atoms with Crippen LogP contribution in [-0.2, 0) is 16.1 Å². The van der Waals surface area contributed by atoms with Crippen LogP contribution in [0.3, 0.4) is 0 Å². The highest BCUT2D eigenvalue weighted by Crippen LogP contribution is 2.48. The van der Waals surface area contributed by atoms with E-state index in [-0.39, 0.29) is 17.9 Å². The SMILES string of the molecule is N[C@H]1[C@H]2CC[C@@H](C2)[C@@H]1C(=O)OCc1ccccc1. The molecule has 0 radical (unpaired) electrons. The Morgan fingerprint density at radius 2 is 1.94 bits per heavy atom. The van der Waals surface area contributed by atoms with Gasteiger partial charge in [-0.25, -0.2) is 0 Å². The molecule has 0 saturated heterocycles. The zero-order valence-electron chi connectivity index (χ0n) is 10.4. The van der Waals surface area contributed by atoms with Crippen LogP contribution >= 0.6 is 0 Å². The van der Waals surface area contributed by atoms with E-state index in [9.17, 15) is 4.79 Å². The van der Waals surface area contributed by atoms with Gasteiger partial charge in [0.1, 0.15) is 6.61 Å². The molecule has 1 aromatic rings. The molecule has 3 nitrogen and oxygen atoms in total. The average Bonchev–Trinajstić information content (AvgIpc) is 2.98. The van der Waals surface area contributed by atoms with Crippen molar-refractivity contribution in [3.8, 4) is 0 Å². The molecule has 0 amide bonds. The van der Waals surface area contributed by atoms with Crippen molar-refractivity contribution in [2.75, 3.05) is 0 Å². The quantitative estimate of drug-likeness (QED) is 0.830. The van der Waals surface area contributed by atoms with Gasteiger partial charge < -0.3 is 10.5 Å². The van der Waals surface area contributed by atoms with E-state index in [1.165, 1.54) is 6.42 Å². The summed E-state index contributed by atoms with van der Waals surface area (Å²) in [5, 5.41) is 0. The average molecular weight is 245 g/mol. The molecule has 2 bridgehead atoms. The van der Waals surface area contributed by atoms with Crippen LogP contribution in [0.5, 0.6) is 0 Å². The molecule has 2 aliphatic rings. The van der Waals surface area contributed by atoms with Gasteiger partial charge >= 0.3 is 5.97 Å². The van der Waals surface area contributed by atoms with Crippen molar-refractivity contribution in [1.29, 1.82) is 0 Å². The van der Waals surface area contributed by atoms with Crippen LogP contribution in [0.15, 0.2) is 30.3 Å². The second-order valence-electron chi connectivity index (χ2n) is 5.53. The molecule has 0 aliphatic heterocycles. The van der Waals surface area contributed by atoms with Gasteiger partial charge in [-0.1, -0.05) is 30.3 Å². The lowest BCUT2D eigenvalue weighted by atomic mass is 9.85. The van der Waals surface area contributed by atoms with Crippen LogP contribution in [0.4, 0.5) is 0 Å². The number of ether oxygens (including phenoxy) is 1. The smallest absolute Gasteiger partial charge is 0.311 e. The standard InChI is InChI=1S/C15H19NO2/c16-14-12-7-6-11(8-12)13(14)15(17)18-9-10-4-2-1-3-5-10/h1-5,11-14H,6-9,16H2/t11-,12-,13-,14-/m0/s1. The highest BCUT2D eigenvalue weighted by atomic mass is 16.5. The van der Waals surface area contributed by atoms with E-state index in [1.54, 1.807) is 0 Å². The third-order valence-corrected chi connectivity index (χ3v) is 4.48. The summed E-state index contributed by atoms with van der Waals surface area (Å²) in [5.41, 5.74) is 7.16. The lowest BCUT2D eigenvalue weighted by Crippen LogP contribution is -2.40. The van der Waals surface area contributed by atoms with Crippen LogP contribution < -0.4 is 5.73 Å². The first-order valence-corrected chi connectivity index (χ1v) is 6.72. The predicted molar refractivity (Wildman–Crippen MR) is 68.5 cm³/mol. The number of benzene rings is 1. The molecule has 2 N–H and O–H groups in total. The van der Waals surface area contributed by atoms with Gasteiger partial charge in [-0.15, -0.1) is 0 Å². The van der Waals surface area contributed by atoms with Crippen molar-refractivity contribution < 1.29 is 9.53 Å².